The molecule has 6 nitrogen and oxygen atoms in total. The number of hydrogen-bond acceptors (Lipinski definition) is 4. The zero-order valence-electron chi connectivity index (χ0n) is 12.9. The second-order valence-electron chi connectivity index (χ2n) is 5.39. The zero-order chi connectivity index (χ0) is 18.4. The molecule has 1 atom stereocenters. The Labute approximate surface area is 142 Å². The molecule has 2 amide bonds. The monoisotopic (exact) mass is 366 g/mol. The first-order valence-corrected chi connectivity index (χ1v) is 8.61. The van der Waals surface area contributed by atoms with Gasteiger partial charge in [0.2, 0.25) is 5.91 Å². The van der Waals surface area contributed by atoms with Gasteiger partial charge in [-0.3, -0.25) is 9.59 Å². The third-order valence-corrected chi connectivity index (χ3v) is 5.69. The Bertz CT molecular complexity index is 991. The molecule has 0 radical (unpaired) electrons. The van der Waals surface area contributed by atoms with Gasteiger partial charge in [0.15, 0.2) is 0 Å². The summed E-state index contributed by atoms with van der Waals surface area (Å²) in [6.07, 6.45) is 0. The van der Waals surface area contributed by atoms with Gasteiger partial charge in [-0.1, -0.05) is 12.1 Å². The van der Waals surface area contributed by atoms with Crippen LogP contribution in [0.5, 0.6) is 0 Å². The maximum absolute atomic E-state index is 13.6. The van der Waals surface area contributed by atoms with Crippen LogP contribution in [0.4, 0.5) is 14.5 Å². The van der Waals surface area contributed by atoms with Crippen LogP contribution in [0.2, 0.25) is 0 Å². The van der Waals surface area contributed by atoms with Crippen LogP contribution >= 0.6 is 0 Å². The second-order valence-corrected chi connectivity index (χ2v) is 7.17. The largest absolute Gasteiger partial charge is 0.322 e. The summed E-state index contributed by atoms with van der Waals surface area (Å²) in [7, 11) is -4.18. The molecule has 0 aliphatic carbocycles. The van der Waals surface area contributed by atoms with Crippen molar-refractivity contribution >= 4 is 27.5 Å². The minimum absolute atomic E-state index is 0.0323. The molecular weight excluding hydrogens is 354 g/mol. The van der Waals surface area contributed by atoms with Gasteiger partial charge in [-0.05, 0) is 31.2 Å². The van der Waals surface area contributed by atoms with E-state index in [1.165, 1.54) is 31.2 Å². The molecule has 0 unspecified atom stereocenters. The molecule has 9 heteroatoms. The Morgan fingerprint density at radius 1 is 1.16 bits per heavy atom. The standard InChI is InChI=1S/C16H12F2N2O4S/c1-9(15(21)19-13-7-6-10(17)8-12(13)18)20-16(22)11-4-2-3-5-14(11)25(20,23)24/h2-9H,1H3,(H,19,21)/t9-/m0/s1. The predicted octanol–water partition coefficient (Wildman–Crippen LogP) is 2.14. The summed E-state index contributed by atoms with van der Waals surface area (Å²) in [5, 5.41) is 2.16. The Hall–Kier alpha value is -2.81. The van der Waals surface area contributed by atoms with Crippen molar-refractivity contribution in [2.75, 3.05) is 5.32 Å². The van der Waals surface area contributed by atoms with E-state index >= 15 is 0 Å². The van der Waals surface area contributed by atoms with Crippen molar-refractivity contribution in [1.82, 2.24) is 4.31 Å². The lowest BCUT2D eigenvalue weighted by Gasteiger charge is -2.22. The highest BCUT2D eigenvalue weighted by molar-refractivity contribution is 7.90. The van der Waals surface area contributed by atoms with Gasteiger partial charge < -0.3 is 5.32 Å². The van der Waals surface area contributed by atoms with Crippen LogP contribution in [0.1, 0.15) is 17.3 Å². The molecule has 130 valence electrons. The highest BCUT2D eigenvalue weighted by Crippen LogP contribution is 2.32. The smallest absolute Gasteiger partial charge is 0.269 e. The molecule has 25 heavy (non-hydrogen) atoms. The Morgan fingerprint density at radius 2 is 1.84 bits per heavy atom. The van der Waals surface area contributed by atoms with E-state index in [1.807, 2.05) is 0 Å². The summed E-state index contributed by atoms with van der Waals surface area (Å²) < 4.78 is 52.0. The molecular formula is C16H12F2N2O4S. The SMILES string of the molecule is C[C@@H](C(=O)Nc1ccc(F)cc1F)N1C(=O)c2ccccc2S1(=O)=O. The van der Waals surface area contributed by atoms with Crippen molar-refractivity contribution in [2.24, 2.45) is 0 Å². The first-order chi connectivity index (χ1) is 11.7. The van der Waals surface area contributed by atoms with Crippen molar-refractivity contribution in [3.05, 3.63) is 59.7 Å². The van der Waals surface area contributed by atoms with Crippen molar-refractivity contribution < 1.29 is 26.8 Å². The van der Waals surface area contributed by atoms with E-state index < -0.39 is 39.5 Å². The first-order valence-electron chi connectivity index (χ1n) is 7.17. The van der Waals surface area contributed by atoms with Crippen molar-refractivity contribution in [3.8, 4) is 0 Å². The number of nitrogens with zero attached hydrogens (tertiary/aromatic N) is 1. The summed E-state index contributed by atoms with van der Waals surface area (Å²) in [6.45, 7) is 1.21. The topological polar surface area (TPSA) is 83.6 Å². The highest BCUT2D eigenvalue weighted by atomic mass is 32.2. The van der Waals surface area contributed by atoms with E-state index in [2.05, 4.69) is 5.32 Å². The fraction of sp³-hybridized carbons (Fsp3) is 0.125. The molecule has 2 aromatic carbocycles. The van der Waals surface area contributed by atoms with Gasteiger partial charge in [-0.2, -0.15) is 0 Å². The molecule has 2 aromatic rings. The number of halogens is 2. The van der Waals surface area contributed by atoms with E-state index in [4.69, 9.17) is 0 Å². The average Bonchev–Trinajstić information content (AvgIpc) is 2.76. The number of carbonyl (C=O) groups is 2. The van der Waals surface area contributed by atoms with Crippen molar-refractivity contribution in [2.45, 2.75) is 17.9 Å². The van der Waals surface area contributed by atoms with E-state index in [9.17, 15) is 26.8 Å². The van der Waals surface area contributed by atoms with Gasteiger partial charge in [-0.25, -0.2) is 21.5 Å². The molecule has 0 spiro atoms. The van der Waals surface area contributed by atoms with E-state index in [-0.39, 0.29) is 16.1 Å². The van der Waals surface area contributed by atoms with Crippen molar-refractivity contribution in [3.63, 3.8) is 0 Å². The van der Waals surface area contributed by atoms with Gasteiger partial charge in [0, 0.05) is 6.07 Å². The lowest BCUT2D eigenvalue weighted by atomic mass is 10.2. The van der Waals surface area contributed by atoms with E-state index in [0.29, 0.717) is 10.4 Å². The molecule has 0 aromatic heterocycles. The first kappa shape index (κ1) is 17.0. The molecule has 1 N–H and O–H groups in total. The number of amides is 2. The van der Waals surface area contributed by atoms with Gasteiger partial charge in [0.1, 0.15) is 22.6 Å². The zero-order valence-corrected chi connectivity index (χ0v) is 13.7. The number of nitrogens with one attached hydrogen (secondary N) is 1. The van der Waals surface area contributed by atoms with Crippen LogP contribution in [0, 0.1) is 11.6 Å². The van der Waals surface area contributed by atoms with Crippen LogP contribution in [0.15, 0.2) is 47.4 Å². The molecule has 1 aliphatic rings. The third kappa shape index (κ3) is 2.76. The number of sulfonamides is 1. The molecule has 1 aliphatic heterocycles. The van der Waals surface area contributed by atoms with Crippen LogP contribution in [-0.4, -0.2) is 30.6 Å². The number of rotatable bonds is 3. The minimum atomic E-state index is -4.18. The van der Waals surface area contributed by atoms with Gasteiger partial charge in [-0.15, -0.1) is 0 Å². The summed E-state index contributed by atoms with van der Waals surface area (Å²) in [5.41, 5.74) is -0.352. The van der Waals surface area contributed by atoms with Crippen LogP contribution in [0.3, 0.4) is 0 Å². The van der Waals surface area contributed by atoms with E-state index in [1.54, 1.807) is 0 Å². The maximum atomic E-state index is 13.6. The van der Waals surface area contributed by atoms with Gasteiger partial charge in [0.05, 0.1) is 11.3 Å². The highest BCUT2D eigenvalue weighted by Gasteiger charge is 2.45. The molecule has 0 fully saturated rings. The van der Waals surface area contributed by atoms with E-state index in [0.717, 1.165) is 12.1 Å². The normalized spacial score (nSPS) is 16.4. The average molecular weight is 366 g/mol. The van der Waals surface area contributed by atoms with Crippen LogP contribution in [0.25, 0.3) is 0 Å². The Balaban J connectivity index is 1.89. The van der Waals surface area contributed by atoms with Crippen LogP contribution in [-0.2, 0) is 14.8 Å². The summed E-state index contributed by atoms with van der Waals surface area (Å²) in [5.74, 6) is -3.59. The van der Waals surface area contributed by atoms with Gasteiger partial charge >= 0.3 is 0 Å². The lowest BCUT2D eigenvalue weighted by Crippen LogP contribution is -2.45. The Kier molecular flexibility index (Phi) is 4.03. The third-order valence-electron chi connectivity index (χ3n) is 3.77. The predicted molar refractivity (Wildman–Crippen MR) is 84.2 cm³/mol. The molecule has 1 heterocycles. The van der Waals surface area contributed by atoms with Crippen molar-refractivity contribution in [1.29, 1.82) is 0 Å². The number of hydrogen-bond donors (Lipinski definition) is 1. The lowest BCUT2D eigenvalue weighted by molar-refractivity contribution is -0.118. The second kappa shape index (κ2) is 5.92. The maximum Gasteiger partial charge on any atom is 0.269 e. The number of anilines is 1. The summed E-state index contributed by atoms with van der Waals surface area (Å²) in [4.78, 5) is 24.5. The summed E-state index contributed by atoms with van der Waals surface area (Å²) in [6, 6.07) is 6.69. The number of carbonyl (C=O) groups excluding carboxylic acids is 2. The van der Waals surface area contributed by atoms with Crippen LogP contribution < -0.4 is 5.32 Å². The Morgan fingerprint density at radius 3 is 2.48 bits per heavy atom. The molecule has 0 saturated heterocycles. The fourth-order valence-corrected chi connectivity index (χ4v) is 4.25. The molecule has 0 bridgehead atoms. The fourth-order valence-electron chi connectivity index (χ4n) is 2.52. The van der Waals surface area contributed by atoms with Gasteiger partial charge in [0.25, 0.3) is 15.9 Å². The minimum Gasteiger partial charge on any atom is -0.322 e. The summed E-state index contributed by atoms with van der Waals surface area (Å²) >= 11 is 0. The number of fused-ring (bicyclic) bond motifs is 1. The molecule has 0 saturated carbocycles. The number of benzene rings is 2. The quantitative estimate of drug-likeness (QED) is 0.902. The molecule has 3 rings (SSSR count).